The monoisotopic (exact) mass is 425 g/mol. The number of hydrogen-bond donors (Lipinski definition) is 1. The predicted molar refractivity (Wildman–Crippen MR) is 119 cm³/mol. The number of para-hydroxylation sites is 1. The van der Waals surface area contributed by atoms with Crippen LogP contribution in [0.2, 0.25) is 0 Å². The van der Waals surface area contributed by atoms with E-state index in [1.807, 2.05) is 26.0 Å². The molecular weight excluding hydrogens is 394 g/mol. The highest BCUT2D eigenvalue weighted by atomic mass is 16.5. The van der Waals surface area contributed by atoms with E-state index in [0.29, 0.717) is 18.8 Å². The number of carbonyl (C=O) groups is 2. The van der Waals surface area contributed by atoms with E-state index in [-0.39, 0.29) is 23.4 Å². The fourth-order valence-electron chi connectivity index (χ4n) is 4.28. The first-order valence-electron chi connectivity index (χ1n) is 11.0. The molecule has 2 aromatic rings. The lowest BCUT2D eigenvalue weighted by Crippen LogP contribution is -2.41. The van der Waals surface area contributed by atoms with Gasteiger partial charge in [-0.05, 0) is 44.9 Å². The van der Waals surface area contributed by atoms with Crippen LogP contribution >= 0.6 is 0 Å². The zero-order valence-electron chi connectivity index (χ0n) is 18.5. The van der Waals surface area contributed by atoms with E-state index in [4.69, 9.17) is 14.2 Å². The third-order valence-electron chi connectivity index (χ3n) is 5.66. The Bertz CT molecular complexity index is 911. The molecule has 0 unspecified atom stereocenters. The summed E-state index contributed by atoms with van der Waals surface area (Å²) >= 11 is 0. The van der Waals surface area contributed by atoms with Crippen LogP contribution in [0.4, 0.5) is 0 Å². The first-order valence-corrected chi connectivity index (χ1v) is 11.0. The fourth-order valence-corrected chi connectivity index (χ4v) is 4.28. The second-order valence-corrected chi connectivity index (χ2v) is 7.55. The van der Waals surface area contributed by atoms with Gasteiger partial charge in [-0.2, -0.15) is 0 Å². The number of rotatable bonds is 8. The van der Waals surface area contributed by atoms with Gasteiger partial charge in [-0.3, -0.25) is 4.79 Å². The molecule has 31 heavy (non-hydrogen) atoms. The number of esters is 1. The summed E-state index contributed by atoms with van der Waals surface area (Å²) in [6, 6.07) is 12.6. The van der Waals surface area contributed by atoms with Crippen LogP contribution in [0.5, 0.6) is 11.5 Å². The van der Waals surface area contributed by atoms with E-state index in [0.717, 1.165) is 42.7 Å². The van der Waals surface area contributed by atoms with Crippen molar-refractivity contribution in [2.45, 2.75) is 51.5 Å². The van der Waals surface area contributed by atoms with Crippen LogP contribution < -0.4 is 14.8 Å². The predicted octanol–water partition coefficient (Wildman–Crippen LogP) is 4.73. The van der Waals surface area contributed by atoms with Crippen molar-refractivity contribution in [1.29, 1.82) is 0 Å². The van der Waals surface area contributed by atoms with E-state index in [1.54, 1.807) is 24.3 Å². The number of methoxy groups -OCH3 is 1. The summed E-state index contributed by atoms with van der Waals surface area (Å²) < 4.78 is 16.6. The number of nitrogens with one attached hydrogen (secondary N) is 1. The quantitative estimate of drug-likeness (QED) is 0.619. The lowest BCUT2D eigenvalue weighted by atomic mass is 9.79. The van der Waals surface area contributed by atoms with E-state index in [2.05, 4.69) is 11.4 Å². The molecule has 0 bridgehead atoms. The maximum atomic E-state index is 13.1. The van der Waals surface area contributed by atoms with Gasteiger partial charge in [0.2, 0.25) is 0 Å². The zero-order chi connectivity index (χ0) is 22.2. The Balaban J connectivity index is 1.90. The third-order valence-corrected chi connectivity index (χ3v) is 5.66. The Hall–Kier alpha value is -3.02. The average molecular weight is 426 g/mol. The highest BCUT2D eigenvalue weighted by Crippen LogP contribution is 2.42. The maximum Gasteiger partial charge on any atom is 0.338 e. The van der Waals surface area contributed by atoms with Gasteiger partial charge in [0.1, 0.15) is 0 Å². The molecule has 0 spiro atoms. The molecule has 1 saturated carbocycles. The van der Waals surface area contributed by atoms with Crippen molar-refractivity contribution in [2.75, 3.05) is 20.3 Å². The fraction of sp³-hybridized carbons (Fsp3) is 0.440. The molecule has 0 heterocycles. The molecule has 0 aromatic heterocycles. The summed E-state index contributed by atoms with van der Waals surface area (Å²) in [6.07, 6.45) is 3.93. The van der Waals surface area contributed by atoms with Gasteiger partial charge in [-0.1, -0.05) is 37.1 Å². The second-order valence-electron chi connectivity index (χ2n) is 7.55. The van der Waals surface area contributed by atoms with Crippen LogP contribution in [-0.4, -0.2) is 38.2 Å². The van der Waals surface area contributed by atoms with Crippen LogP contribution in [0.1, 0.15) is 71.7 Å². The molecular formula is C25H31NO5. The molecule has 6 nitrogen and oxygen atoms in total. The highest BCUT2D eigenvalue weighted by Gasteiger charge is 2.32. The Kier molecular flexibility index (Phi) is 7.93. The molecule has 1 aliphatic rings. The molecule has 2 atom stereocenters. The summed E-state index contributed by atoms with van der Waals surface area (Å²) in [7, 11) is 1.31. The Morgan fingerprint density at radius 1 is 0.935 bits per heavy atom. The van der Waals surface area contributed by atoms with Gasteiger partial charge in [-0.15, -0.1) is 0 Å². The first kappa shape index (κ1) is 22.7. The van der Waals surface area contributed by atoms with Crippen LogP contribution in [0.15, 0.2) is 42.5 Å². The molecule has 0 aliphatic heterocycles. The standard InChI is InChI=1S/C25H31NO5/c1-4-30-22-16-10-14-18(23(22)31-5-2)17-11-8-9-15-21(17)26-24(27)19-12-6-7-13-20(19)25(28)29-3/h6-7,10,12-14,16-17,21H,4-5,8-9,11,15H2,1-3H3,(H,26,27)/t17-,21-/m1/s1. The van der Waals surface area contributed by atoms with Crippen molar-refractivity contribution in [3.05, 3.63) is 59.2 Å². The summed E-state index contributed by atoms with van der Waals surface area (Å²) in [5, 5.41) is 3.18. The van der Waals surface area contributed by atoms with Gasteiger partial charge in [0.05, 0.1) is 31.5 Å². The van der Waals surface area contributed by atoms with E-state index in [1.165, 1.54) is 7.11 Å². The molecule has 2 aromatic carbocycles. The van der Waals surface area contributed by atoms with E-state index in [9.17, 15) is 9.59 Å². The lowest BCUT2D eigenvalue weighted by molar-refractivity contribution is 0.0596. The minimum absolute atomic E-state index is 0.0666. The van der Waals surface area contributed by atoms with Crippen molar-refractivity contribution >= 4 is 11.9 Å². The topological polar surface area (TPSA) is 73.9 Å². The maximum absolute atomic E-state index is 13.1. The van der Waals surface area contributed by atoms with Gasteiger partial charge < -0.3 is 19.5 Å². The van der Waals surface area contributed by atoms with Gasteiger partial charge in [0.25, 0.3) is 5.91 Å². The number of ether oxygens (including phenoxy) is 3. The van der Waals surface area contributed by atoms with Crippen LogP contribution in [0.25, 0.3) is 0 Å². The summed E-state index contributed by atoms with van der Waals surface area (Å²) in [5.41, 5.74) is 1.65. The van der Waals surface area contributed by atoms with Gasteiger partial charge >= 0.3 is 5.97 Å². The summed E-state index contributed by atoms with van der Waals surface area (Å²) in [6.45, 7) is 4.99. The highest BCUT2D eigenvalue weighted by molar-refractivity contribution is 6.05. The smallest absolute Gasteiger partial charge is 0.338 e. The number of carbonyl (C=O) groups excluding carboxylic acids is 2. The first-order chi connectivity index (χ1) is 15.1. The van der Waals surface area contributed by atoms with Crippen molar-refractivity contribution in [1.82, 2.24) is 5.32 Å². The van der Waals surface area contributed by atoms with E-state index >= 15 is 0 Å². The van der Waals surface area contributed by atoms with Crippen molar-refractivity contribution in [3.63, 3.8) is 0 Å². The van der Waals surface area contributed by atoms with Crippen molar-refractivity contribution in [2.24, 2.45) is 0 Å². The van der Waals surface area contributed by atoms with Crippen molar-refractivity contribution < 1.29 is 23.8 Å². The molecule has 0 radical (unpaired) electrons. The Morgan fingerprint density at radius 3 is 2.35 bits per heavy atom. The summed E-state index contributed by atoms with van der Waals surface area (Å²) in [4.78, 5) is 25.2. The molecule has 1 fully saturated rings. The van der Waals surface area contributed by atoms with Gasteiger partial charge in [-0.25, -0.2) is 4.79 Å². The normalized spacial score (nSPS) is 18.2. The summed E-state index contributed by atoms with van der Waals surface area (Å²) in [5.74, 6) is 0.803. The minimum Gasteiger partial charge on any atom is -0.490 e. The molecule has 6 heteroatoms. The van der Waals surface area contributed by atoms with Crippen LogP contribution in [0.3, 0.4) is 0 Å². The SMILES string of the molecule is CCOc1cccc([C@H]2CCCC[C@H]2NC(=O)c2ccccc2C(=O)OC)c1OCC. The van der Waals surface area contributed by atoms with Crippen molar-refractivity contribution in [3.8, 4) is 11.5 Å². The molecule has 1 amide bonds. The van der Waals surface area contributed by atoms with E-state index < -0.39 is 5.97 Å². The number of benzene rings is 2. The molecule has 1 aliphatic carbocycles. The zero-order valence-corrected chi connectivity index (χ0v) is 18.5. The lowest BCUT2D eigenvalue weighted by Gasteiger charge is -2.34. The molecule has 0 saturated heterocycles. The van der Waals surface area contributed by atoms with Gasteiger partial charge in [0.15, 0.2) is 11.5 Å². The molecule has 1 N–H and O–H groups in total. The second kappa shape index (κ2) is 10.8. The van der Waals surface area contributed by atoms with Crippen LogP contribution in [0, 0.1) is 0 Å². The third kappa shape index (κ3) is 5.19. The average Bonchev–Trinajstić information content (AvgIpc) is 2.80. The minimum atomic E-state index is -0.519. The Morgan fingerprint density at radius 2 is 1.65 bits per heavy atom. The number of hydrogen-bond acceptors (Lipinski definition) is 5. The van der Waals surface area contributed by atoms with Gasteiger partial charge in [0, 0.05) is 17.5 Å². The number of amides is 1. The molecule has 166 valence electrons. The Labute approximate surface area is 183 Å². The largest absolute Gasteiger partial charge is 0.490 e. The van der Waals surface area contributed by atoms with Crippen LogP contribution in [-0.2, 0) is 4.74 Å². The molecule has 3 rings (SSSR count).